The molecule has 0 aliphatic rings. The largest absolute Gasteiger partial charge is 0.382 e. The average molecular weight is 249 g/mol. The lowest BCUT2D eigenvalue weighted by Crippen LogP contribution is -2.08. The van der Waals surface area contributed by atoms with E-state index in [1.807, 2.05) is 23.9 Å². The summed E-state index contributed by atoms with van der Waals surface area (Å²) in [7, 11) is 0. The Morgan fingerprint density at radius 2 is 2.41 bits per heavy atom. The second-order valence-electron chi connectivity index (χ2n) is 3.49. The molecule has 0 aromatic carbocycles. The zero-order valence-corrected chi connectivity index (χ0v) is 10.5. The van der Waals surface area contributed by atoms with Gasteiger partial charge in [0.15, 0.2) is 5.82 Å². The number of hydrogen-bond donors (Lipinski definition) is 1. The van der Waals surface area contributed by atoms with Crippen molar-refractivity contribution in [3.8, 4) is 5.82 Å². The molecule has 0 atom stereocenters. The van der Waals surface area contributed by atoms with Gasteiger partial charge in [-0.15, -0.1) is 0 Å². The second kappa shape index (κ2) is 6.24. The van der Waals surface area contributed by atoms with Gasteiger partial charge in [0.2, 0.25) is 0 Å². The predicted molar refractivity (Wildman–Crippen MR) is 70.6 cm³/mol. The Hall–Kier alpha value is -1.56. The molecule has 5 nitrogen and oxygen atoms in total. The summed E-state index contributed by atoms with van der Waals surface area (Å²) in [5.41, 5.74) is 0.985. The Balaban J connectivity index is 2.06. The van der Waals surface area contributed by atoms with Crippen LogP contribution in [0.25, 0.3) is 5.82 Å². The van der Waals surface area contributed by atoms with Gasteiger partial charge >= 0.3 is 0 Å². The molecule has 90 valence electrons. The molecule has 0 aliphatic carbocycles. The van der Waals surface area contributed by atoms with Crippen LogP contribution >= 0.6 is 11.8 Å². The van der Waals surface area contributed by atoms with Crippen molar-refractivity contribution in [2.45, 2.75) is 6.42 Å². The van der Waals surface area contributed by atoms with Crippen LogP contribution in [0.5, 0.6) is 0 Å². The summed E-state index contributed by atoms with van der Waals surface area (Å²) in [6.07, 6.45) is 8.16. The third kappa shape index (κ3) is 3.20. The molecule has 0 saturated carbocycles. The molecule has 17 heavy (non-hydrogen) atoms. The molecule has 2 aromatic heterocycles. The molecule has 0 spiro atoms. The highest BCUT2D eigenvalue weighted by molar-refractivity contribution is 7.98. The lowest BCUT2D eigenvalue weighted by atomic mass is 10.3. The number of nitrogens with zero attached hydrogens (tertiary/aromatic N) is 4. The first kappa shape index (κ1) is 11.9. The van der Waals surface area contributed by atoms with Crippen LogP contribution in [0.3, 0.4) is 0 Å². The van der Waals surface area contributed by atoms with E-state index in [9.17, 15) is 0 Å². The van der Waals surface area contributed by atoms with Gasteiger partial charge < -0.3 is 5.32 Å². The van der Waals surface area contributed by atoms with Gasteiger partial charge in [-0.1, -0.05) is 0 Å². The molecular formula is C11H15N5S. The summed E-state index contributed by atoms with van der Waals surface area (Å²) in [6, 6.07) is 3.92. The third-order valence-electron chi connectivity index (χ3n) is 2.26. The number of nitrogens with one attached hydrogen (secondary N) is 1. The zero-order valence-electron chi connectivity index (χ0n) is 9.71. The van der Waals surface area contributed by atoms with Crippen LogP contribution in [0.1, 0.15) is 6.42 Å². The van der Waals surface area contributed by atoms with Crippen molar-refractivity contribution < 1.29 is 0 Å². The van der Waals surface area contributed by atoms with Crippen LogP contribution in [0.2, 0.25) is 0 Å². The standard InChI is InChI=1S/C11H15N5S/c1-17-7-3-6-13-10-4-2-5-14-11(10)16-9-12-8-15-16/h2,4-5,8-9,13H,3,6-7H2,1H3. The lowest BCUT2D eigenvalue weighted by molar-refractivity contribution is 0.843. The molecule has 0 bridgehead atoms. The van der Waals surface area contributed by atoms with E-state index in [-0.39, 0.29) is 0 Å². The van der Waals surface area contributed by atoms with Crippen molar-refractivity contribution in [3.05, 3.63) is 31.0 Å². The quantitative estimate of drug-likeness (QED) is 0.791. The third-order valence-corrected chi connectivity index (χ3v) is 2.96. The van der Waals surface area contributed by atoms with Crippen LogP contribution in [0, 0.1) is 0 Å². The predicted octanol–water partition coefficient (Wildman–Crippen LogP) is 1.83. The lowest BCUT2D eigenvalue weighted by Gasteiger charge is -2.09. The zero-order chi connectivity index (χ0) is 11.9. The number of thioether (sulfide) groups is 1. The molecule has 0 unspecified atom stereocenters. The average Bonchev–Trinajstić information content (AvgIpc) is 2.89. The number of anilines is 1. The fourth-order valence-corrected chi connectivity index (χ4v) is 1.91. The highest BCUT2D eigenvalue weighted by atomic mass is 32.2. The summed E-state index contributed by atoms with van der Waals surface area (Å²) in [5, 5.41) is 7.46. The van der Waals surface area contributed by atoms with Crippen molar-refractivity contribution >= 4 is 17.4 Å². The van der Waals surface area contributed by atoms with Gasteiger partial charge in [-0.05, 0) is 30.6 Å². The highest BCUT2D eigenvalue weighted by Gasteiger charge is 2.04. The second-order valence-corrected chi connectivity index (χ2v) is 4.47. The number of rotatable bonds is 6. The minimum Gasteiger partial charge on any atom is -0.382 e. The van der Waals surface area contributed by atoms with E-state index < -0.39 is 0 Å². The monoisotopic (exact) mass is 249 g/mol. The summed E-state index contributed by atoms with van der Waals surface area (Å²) >= 11 is 1.86. The fourth-order valence-electron chi connectivity index (χ4n) is 1.47. The summed E-state index contributed by atoms with van der Waals surface area (Å²) in [5.74, 6) is 1.94. The maximum atomic E-state index is 4.31. The fraction of sp³-hybridized carbons (Fsp3) is 0.364. The molecule has 0 saturated heterocycles. The highest BCUT2D eigenvalue weighted by Crippen LogP contribution is 2.15. The normalized spacial score (nSPS) is 10.4. The van der Waals surface area contributed by atoms with Crippen LogP contribution in [0.4, 0.5) is 5.69 Å². The Kier molecular flexibility index (Phi) is 4.37. The number of aromatic nitrogens is 4. The number of hydrogen-bond acceptors (Lipinski definition) is 5. The van der Waals surface area contributed by atoms with Gasteiger partial charge in [-0.3, -0.25) is 0 Å². The molecule has 0 fully saturated rings. The van der Waals surface area contributed by atoms with Gasteiger partial charge in [0.1, 0.15) is 12.7 Å². The maximum Gasteiger partial charge on any atom is 0.178 e. The van der Waals surface area contributed by atoms with Crippen LogP contribution in [0.15, 0.2) is 31.0 Å². The van der Waals surface area contributed by atoms with Gasteiger partial charge in [-0.2, -0.15) is 16.9 Å². The first-order chi connectivity index (χ1) is 8.42. The first-order valence-corrected chi connectivity index (χ1v) is 6.84. The topological polar surface area (TPSA) is 55.6 Å². The Bertz CT molecular complexity index is 443. The first-order valence-electron chi connectivity index (χ1n) is 5.44. The van der Waals surface area contributed by atoms with Crippen LogP contribution in [-0.2, 0) is 0 Å². The molecule has 6 heteroatoms. The van der Waals surface area contributed by atoms with E-state index >= 15 is 0 Å². The molecular weight excluding hydrogens is 234 g/mol. The van der Waals surface area contributed by atoms with Crippen molar-refractivity contribution in [1.82, 2.24) is 19.7 Å². The number of pyridine rings is 1. The molecule has 2 aromatic rings. The Morgan fingerprint density at radius 1 is 1.47 bits per heavy atom. The van der Waals surface area contributed by atoms with E-state index in [1.54, 1.807) is 17.2 Å². The minimum atomic E-state index is 0.786. The van der Waals surface area contributed by atoms with Crippen molar-refractivity contribution in [3.63, 3.8) is 0 Å². The minimum absolute atomic E-state index is 0.786. The van der Waals surface area contributed by atoms with Crippen LogP contribution < -0.4 is 5.32 Å². The SMILES string of the molecule is CSCCCNc1cccnc1-n1cncn1. The van der Waals surface area contributed by atoms with E-state index in [1.165, 1.54) is 6.33 Å². The van der Waals surface area contributed by atoms with E-state index in [0.29, 0.717) is 0 Å². The van der Waals surface area contributed by atoms with E-state index in [0.717, 1.165) is 30.2 Å². The van der Waals surface area contributed by atoms with Crippen molar-refractivity contribution in [2.75, 3.05) is 23.9 Å². The van der Waals surface area contributed by atoms with Gasteiger partial charge in [-0.25, -0.2) is 14.6 Å². The molecule has 0 radical (unpaired) electrons. The van der Waals surface area contributed by atoms with E-state index in [2.05, 4.69) is 26.6 Å². The van der Waals surface area contributed by atoms with Crippen molar-refractivity contribution in [2.24, 2.45) is 0 Å². The molecule has 0 aliphatic heterocycles. The molecule has 0 amide bonds. The Morgan fingerprint density at radius 3 is 3.18 bits per heavy atom. The summed E-state index contributed by atoms with van der Waals surface area (Å²) < 4.78 is 1.66. The van der Waals surface area contributed by atoms with Gasteiger partial charge in [0.05, 0.1) is 5.69 Å². The summed E-state index contributed by atoms with van der Waals surface area (Å²) in [6.45, 7) is 0.939. The smallest absolute Gasteiger partial charge is 0.178 e. The molecule has 2 heterocycles. The van der Waals surface area contributed by atoms with Crippen molar-refractivity contribution in [1.29, 1.82) is 0 Å². The summed E-state index contributed by atoms with van der Waals surface area (Å²) in [4.78, 5) is 8.24. The van der Waals surface area contributed by atoms with Gasteiger partial charge in [0, 0.05) is 12.7 Å². The Labute approximate surface area is 105 Å². The van der Waals surface area contributed by atoms with Gasteiger partial charge in [0.25, 0.3) is 0 Å². The maximum absolute atomic E-state index is 4.31. The molecule has 2 rings (SSSR count). The van der Waals surface area contributed by atoms with E-state index in [4.69, 9.17) is 0 Å². The van der Waals surface area contributed by atoms with Crippen LogP contribution in [-0.4, -0.2) is 38.3 Å². The molecule has 1 N–H and O–H groups in total.